The standard InChI is InChI=1S/C19H21IO3/c20-17-10-9-16(14-23-19-8-4-5-11-21-19)12-18(17)22-13-15-6-2-1-3-7-15/h1-3,6-7,9-10,12,19H,4-5,8,11,13-14H2/t19-/m0/s1. The van der Waals surface area contributed by atoms with Gasteiger partial charge in [-0.1, -0.05) is 36.4 Å². The Labute approximate surface area is 151 Å². The Balaban J connectivity index is 1.57. The minimum Gasteiger partial charge on any atom is -0.488 e. The van der Waals surface area contributed by atoms with Crippen molar-refractivity contribution in [2.24, 2.45) is 0 Å². The lowest BCUT2D eigenvalue weighted by atomic mass is 10.2. The monoisotopic (exact) mass is 424 g/mol. The molecule has 0 aromatic heterocycles. The average molecular weight is 424 g/mol. The van der Waals surface area contributed by atoms with Crippen LogP contribution < -0.4 is 4.74 Å². The molecular weight excluding hydrogens is 403 g/mol. The van der Waals surface area contributed by atoms with E-state index in [0.717, 1.165) is 34.3 Å². The Bertz CT molecular complexity index is 609. The first-order chi connectivity index (χ1) is 11.3. The summed E-state index contributed by atoms with van der Waals surface area (Å²) in [6, 6.07) is 16.4. The molecule has 2 aromatic carbocycles. The van der Waals surface area contributed by atoms with E-state index in [1.54, 1.807) is 0 Å². The van der Waals surface area contributed by atoms with Gasteiger partial charge in [0.2, 0.25) is 0 Å². The molecule has 2 aromatic rings. The van der Waals surface area contributed by atoms with Crippen molar-refractivity contribution in [1.82, 2.24) is 0 Å². The highest BCUT2D eigenvalue weighted by Crippen LogP contribution is 2.24. The molecule has 0 unspecified atom stereocenters. The van der Waals surface area contributed by atoms with Crippen LogP contribution in [0.5, 0.6) is 5.75 Å². The van der Waals surface area contributed by atoms with Gasteiger partial charge in [-0.15, -0.1) is 0 Å². The number of halogens is 1. The highest BCUT2D eigenvalue weighted by molar-refractivity contribution is 14.1. The molecule has 1 aliphatic heterocycles. The molecule has 1 saturated heterocycles. The zero-order valence-electron chi connectivity index (χ0n) is 13.0. The van der Waals surface area contributed by atoms with Crippen molar-refractivity contribution < 1.29 is 14.2 Å². The summed E-state index contributed by atoms with van der Waals surface area (Å²) in [6.07, 6.45) is 3.25. The van der Waals surface area contributed by atoms with E-state index in [-0.39, 0.29) is 6.29 Å². The molecule has 122 valence electrons. The predicted octanol–water partition coefficient (Wildman–Crippen LogP) is 4.91. The summed E-state index contributed by atoms with van der Waals surface area (Å²) >= 11 is 2.30. The van der Waals surface area contributed by atoms with Gasteiger partial charge in [0.15, 0.2) is 6.29 Å². The lowest BCUT2D eigenvalue weighted by Gasteiger charge is -2.22. The molecule has 0 N–H and O–H groups in total. The Morgan fingerprint density at radius 2 is 1.87 bits per heavy atom. The minimum absolute atomic E-state index is 0.0586. The second-order valence-electron chi connectivity index (χ2n) is 5.65. The van der Waals surface area contributed by atoms with Crippen LogP contribution in [-0.4, -0.2) is 12.9 Å². The van der Waals surface area contributed by atoms with Crippen molar-refractivity contribution in [3.8, 4) is 5.75 Å². The fourth-order valence-electron chi connectivity index (χ4n) is 2.52. The van der Waals surface area contributed by atoms with Gasteiger partial charge in [-0.3, -0.25) is 0 Å². The summed E-state index contributed by atoms with van der Waals surface area (Å²) in [5.41, 5.74) is 2.28. The van der Waals surface area contributed by atoms with E-state index >= 15 is 0 Å². The molecule has 1 heterocycles. The van der Waals surface area contributed by atoms with Crippen molar-refractivity contribution >= 4 is 22.6 Å². The molecule has 0 bridgehead atoms. The van der Waals surface area contributed by atoms with Crippen LogP contribution in [0.25, 0.3) is 0 Å². The van der Waals surface area contributed by atoms with Gasteiger partial charge in [-0.2, -0.15) is 0 Å². The van der Waals surface area contributed by atoms with Gasteiger partial charge in [0.1, 0.15) is 12.4 Å². The molecule has 1 aliphatic rings. The quantitative estimate of drug-likeness (QED) is 0.617. The van der Waals surface area contributed by atoms with Crippen LogP contribution in [0.15, 0.2) is 48.5 Å². The molecule has 0 spiro atoms. The summed E-state index contributed by atoms with van der Waals surface area (Å²) in [5.74, 6) is 0.903. The highest BCUT2D eigenvalue weighted by Gasteiger charge is 2.14. The first-order valence-electron chi connectivity index (χ1n) is 7.99. The van der Waals surface area contributed by atoms with Gasteiger partial charge < -0.3 is 14.2 Å². The van der Waals surface area contributed by atoms with E-state index in [9.17, 15) is 0 Å². The summed E-state index contributed by atoms with van der Waals surface area (Å²) in [5, 5.41) is 0. The molecule has 0 aliphatic carbocycles. The molecule has 1 fully saturated rings. The highest BCUT2D eigenvalue weighted by atomic mass is 127. The SMILES string of the molecule is Ic1ccc(CO[C@H]2CCCCO2)cc1OCc1ccccc1. The van der Waals surface area contributed by atoms with Crippen LogP contribution in [0.1, 0.15) is 30.4 Å². The van der Waals surface area contributed by atoms with Crippen molar-refractivity contribution in [2.45, 2.75) is 38.8 Å². The maximum Gasteiger partial charge on any atom is 0.158 e. The van der Waals surface area contributed by atoms with Crippen LogP contribution in [0, 0.1) is 3.57 Å². The lowest BCUT2D eigenvalue weighted by Crippen LogP contribution is -2.22. The maximum atomic E-state index is 5.96. The van der Waals surface area contributed by atoms with Crippen molar-refractivity contribution in [3.63, 3.8) is 0 Å². The molecule has 0 radical (unpaired) electrons. The Kier molecular flexibility index (Phi) is 6.30. The van der Waals surface area contributed by atoms with Crippen molar-refractivity contribution in [2.75, 3.05) is 6.61 Å². The Morgan fingerprint density at radius 1 is 1.00 bits per heavy atom. The first kappa shape index (κ1) is 16.7. The number of hydrogen-bond donors (Lipinski definition) is 0. The fraction of sp³-hybridized carbons (Fsp3) is 0.368. The summed E-state index contributed by atoms with van der Waals surface area (Å²) in [4.78, 5) is 0. The zero-order valence-corrected chi connectivity index (χ0v) is 15.2. The van der Waals surface area contributed by atoms with Crippen LogP contribution in [0.4, 0.5) is 0 Å². The molecule has 4 heteroatoms. The number of rotatable bonds is 6. The summed E-state index contributed by atoms with van der Waals surface area (Å²) < 4.78 is 18.5. The number of benzene rings is 2. The van der Waals surface area contributed by atoms with Crippen LogP contribution in [0.3, 0.4) is 0 Å². The van der Waals surface area contributed by atoms with E-state index in [0.29, 0.717) is 13.2 Å². The fourth-order valence-corrected chi connectivity index (χ4v) is 3.01. The van der Waals surface area contributed by atoms with Gasteiger partial charge in [0.05, 0.1) is 10.2 Å². The molecule has 0 amide bonds. The number of ether oxygens (including phenoxy) is 3. The van der Waals surface area contributed by atoms with Crippen molar-refractivity contribution in [1.29, 1.82) is 0 Å². The summed E-state index contributed by atoms with van der Waals surface area (Å²) in [7, 11) is 0. The van der Waals surface area contributed by atoms with E-state index in [1.165, 1.54) is 12.0 Å². The second-order valence-corrected chi connectivity index (χ2v) is 6.81. The van der Waals surface area contributed by atoms with E-state index < -0.39 is 0 Å². The Morgan fingerprint density at radius 3 is 2.65 bits per heavy atom. The Hall–Kier alpha value is -1.11. The third-order valence-corrected chi connectivity index (χ3v) is 4.70. The van der Waals surface area contributed by atoms with E-state index in [2.05, 4.69) is 52.9 Å². The minimum atomic E-state index is -0.0586. The van der Waals surface area contributed by atoms with Crippen LogP contribution in [-0.2, 0) is 22.7 Å². The molecule has 3 nitrogen and oxygen atoms in total. The van der Waals surface area contributed by atoms with E-state index in [4.69, 9.17) is 14.2 Å². The normalized spacial score (nSPS) is 17.9. The molecule has 23 heavy (non-hydrogen) atoms. The van der Waals surface area contributed by atoms with Gasteiger partial charge in [0.25, 0.3) is 0 Å². The zero-order chi connectivity index (χ0) is 15.9. The maximum absolute atomic E-state index is 5.96. The largest absolute Gasteiger partial charge is 0.488 e. The van der Waals surface area contributed by atoms with Crippen LogP contribution in [0.2, 0.25) is 0 Å². The van der Waals surface area contributed by atoms with Gasteiger partial charge in [-0.05, 0) is 65.1 Å². The topological polar surface area (TPSA) is 27.7 Å². The molecule has 3 rings (SSSR count). The third kappa shape index (κ3) is 5.19. The molecule has 1 atom stereocenters. The first-order valence-corrected chi connectivity index (χ1v) is 9.07. The van der Waals surface area contributed by atoms with Gasteiger partial charge in [0, 0.05) is 6.61 Å². The molecular formula is C19H21IO3. The third-order valence-electron chi connectivity index (χ3n) is 3.81. The van der Waals surface area contributed by atoms with Crippen LogP contribution >= 0.6 is 22.6 Å². The van der Waals surface area contributed by atoms with E-state index in [1.807, 2.05) is 18.2 Å². The van der Waals surface area contributed by atoms with Crippen molar-refractivity contribution in [3.05, 3.63) is 63.2 Å². The summed E-state index contributed by atoms with van der Waals surface area (Å²) in [6.45, 7) is 1.94. The second kappa shape index (κ2) is 8.66. The van der Waals surface area contributed by atoms with Gasteiger partial charge in [-0.25, -0.2) is 0 Å². The molecule has 0 saturated carbocycles. The number of hydrogen-bond acceptors (Lipinski definition) is 3. The predicted molar refractivity (Wildman–Crippen MR) is 98.3 cm³/mol. The average Bonchev–Trinajstić information content (AvgIpc) is 2.62. The smallest absolute Gasteiger partial charge is 0.158 e. The lowest BCUT2D eigenvalue weighted by molar-refractivity contribution is -0.168. The van der Waals surface area contributed by atoms with Gasteiger partial charge >= 0.3 is 0 Å².